The van der Waals surface area contributed by atoms with Crippen LogP contribution in [0.25, 0.3) is 0 Å². The molecule has 1 heterocycles. The zero-order valence-corrected chi connectivity index (χ0v) is 13.9. The van der Waals surface area contributed by atoms with Gasteiger partial charge in [-0.1, -0.05) is 25.7 Å². The van der Waals surface area contributed by atoms with E-state index in [9.17, 15) is 0 Å². The van der Waals surface area contributed by atoms with E-state index in [-0.39, 0.29) is 0 Å². The van der Waals surface area contributed by atoms with E-state index in [0.717, 1.165) is 17.9 Å². The molecule has 0 spiro atoms. The summed E-state index contributed by atoms with van der Waals surface area (Å²) in [6, 6.07) is 1.19. The Morgan fingerprint density at radius 3 is 2.55 bits per heavy atom. The van der Waals surface area contributed by atoms with E-state index in [4.69, 9.17) is 0 Å². The first-order chi connectivity index (χ1) is 9.63. The Balaban J connectivity index is 1.59. The third kappa shape index (κ3) is 3.09. The summed E-state index contributed by atoms with van der Waals surface area (Å²) in [4.78, 5) is 6.01. The van der Waals surface area contributed by atoms with Crippen LogP contribution in [0.15, 0.2) is 0 Å². The lowest BCUT2D eigenvalue weighted by molar-refractivity contribution is 0.139. The highest BCUT2D eigenvalue weighted by Gasteiger charge is 2.32. The fourth-order valence-electron chi connectivity index (χ4n) is 4.40. The third-order valence-electron chi connectivity index (χ3n) is 5.36. The first-order valence-corrected chi connectivity index (χ1v) is 9.15. The maximum Gasteiger partial charge on any atom is 0.0900 e. The van der Waals surface area contributed by atoms with Gasteiger partial charge in [0.05, 0.1) is 10.7 Å². The minimum atomic E-state index is 0.464. The lowest BCUT2D eigenvalue weighted by Crippen LogP contribution is -2.39. The van der Waals surface area contributed by atoms with Crippen molar-refractivity contribution in [2.45, 2.75) is 77.8 Å². The van der Waals surface area contributed by atoms with Gasteiger partial charge in [0.2, 0.25) is 0 Å². The Bertz CT molecular complexity index is 454. The molecule has 0 bridgehead atoms. The van der Waals surface area contributed by atoms with Crippen molar-refractivity contribution < 1.29 is 0 Å². The number of aromatic nitrogens is 1. The summed E-state index contributed by atoms with van der Waals surface area (Å²) in [7, 11) is 0. The number of hydrogen-bond acceptors (Lipinski definition) is 3. The summed E-state index contributed by atoms with van der Waals surface area (Å²) in [5.74, 6) is 2.05. The Morgan fingerprint density at radius 2 is 1.85 bits per heavy atom. The molecule has 3 heteroatoms. The quantitative estimate of drug-likeness (QED) is 0.868. The molecule has 3 rings (SSSR count). The number of thiazole rings is 1. The lowest BCUT2D eigenvalue weighted by atomic mass is 9.69. The van der Waals surface area contributed by atoms with Crippen LogP contribution in [0, 0.1) is 25.7 Å². The molecule has 1 N–H and O–H groups in total. The Morgan fingerprint density at radius 1 is 1.10 bits per heavy atom. The molecule has 4 atom stereocenters. The second-order valence-corrected chi connectivity index (χ2v) is 8.12. The largest absolute Gasteiger partial charge is 0.307 e. The molecule has 2 aliphatic rings. The van der Waals surface area contributed by atoms with Gasteiger partial charge < -0.3 is 5.32 Å². The number of hydrogen-bond donors (Lipinski definition) is 1. The van der Waals surface area contributed by atoms with Crippen LogP contribution in [0.1, 0.15) is 73.5 Å². The molecule has 0 aromatic carbocycles. The van der Waals surface area contributed by atoms with Gasteiger partial charge in [0, 0.05) is 17.0 Å². The zero-order valence-electron chi connectivity index (χ0n) is 13.1. The minimum Gasteiger partial charge on any atom is -0.307 e. The van der Waals surface area contributed by atoms with E-state index in [0.29, 0.717) is 6.04 Å². The maximum atomic E-state index is 4.57. The van der Waals surface area contributed by atoms with Gasteiger partial charge in [-0.15, -0.1) is 11.3 Å². The number of fused-ring (bicyclic) bond motifs is 1. The average Bonchev–Trinajstić information content (AvgIpc) is 2.78. The molecule has 2 fully saturated rings. The molecule has 112 valence electrons. The molecular formula is C17H28N2S. The summed E-state index contributed by atoms with van der Waals surface area (Å²) in [5, 5.41) is 5.09. The van der Waals surface area contributed by atoms with Crippen LogP contribution in [0.3, 0.4) is 0 Å². The van der Waals surface area contributed by atoms with Crippen molar-refractivity contribution in [3.05, 3.63) is 15.6 Å². The van der Waals surface area contributed by atoms with Gasteiger partial charge in [-0.3, -0.25) is 0 Å². The first kappa shape index (κ1) is 14.5. The van der Waals surface area contributed by atoms with Crippen LogP contribution in [-0.2, 0) is 0 Å². The molecule has 2 aliphatic carbocycles. The van der Waals surface area contributed by atoms with Gasteiger partial charge in [-0.2, -0.15) is 0 Å². The SMILES string of the molecule is Cc1nc(C)c(C(C)NC2CCC3CCCCC3C2)s1. The summed E-state index contributed by atoms with van der Waals surface area (Å²) in [5.41, 5.74) is 1.22. The molecular weight excluding hydrogens is 264 g/mol. The topological polar surface area (TPSA) is 24.9 Å². The fourth-order valence-corrected chi connectivity index (χ4v) is 5.34. The molecule has 20 heavy (non-hydrogen) atoms. The molecule has 1 aromatic rings. The van der Waals surface area contributed by atoms with E-state index in [1.165, 1.54) is 60.5 Å². The molecule has 0 radical (unpaired) electrons. The van der Waals surface area contributed by atoms with Crippen molar-refractivity contribution in [3.8, 4) is 0 Å². The Kier molecular flexibility index (Phi) is 4.46. The molecule has 0 aliphatic heterocycles. The Labute approximate surface area is 127 Å². The second kappa shape index (κ2) is 6.15. The zero-order chi connectivity index (χ0) is 14.1. The van der Waals surface area contributed by atoms with Crippen molar-refractivity contribution in [2.75, 3.05) is 0 Å². The summed E-state index contributed by atoms with van der Waals surface area (Å²) < 4.78 is 0. The van der Waals surface area contributed by atoms with E-state index < -0.39 is 0 Å². The van der Waals surface area contributed by atoms with Crippen LogP contribution < -0.4 is 5.32 Å². The van der Waals surface area contributed by atoms with Crippen LogP contribution in [-0.4, -0.2) is 11.0 Å². The standard InChI is InChI=1S/C17H28N2S/c1-11-17(20-13(3)18-11)12(2)19-16-9-8-14-6-4-5-7-15(14)10-16/h12,14-16,19H,4-10H2,1-3H3. The number of aryl methyl sites for hydroxylation is 2. The molecule has 2 nitrogen and oxygen atoms in total. The second-order valence-electron chi connectivity index (χ2n) is 6.89. The smallest absolute Gasteiger partial charge is 0.0900 e. The number of nitrogens with one attached hydrogen (secondary N) is 1. The van der Waals surface area contributed by atoms with Crippen LogP contribution in [0.2, 0.25) is 0 Å². The van der Waals surface area contributed by atoms with Crippen molar-refractivity contribution in [3.63, 3.8) is 0 Å². The van der Waals surface area contributed by atoms with Crippen molar-refractivity contribution in [1.82, 2.24) is 10.3 Å². The van der Waals surface area contributed by atoms with Crippen molar-refractivity contribution >= 4 is 11.3 Å². The minimum absolute atomic E-state index is 0.464. The number of nitrogens with zero attached hydrogens (tertiary/aromatic N) is 1. The first-order valence-electron chi connectivity index (χ1n) is 8.33. The van der Waals surface area contributed by atoms with E-state index in [2.05, 4.69) is 31.1 Å². The average molecular weight is 292 g/mol. The monoisotopic (exact) mass is 292 g/mol. The molecule has 0 saturated heterocycles. The maximum absolute atomic E-state index is 4.57. The lowest BCUT2D eigenvalue weighted by Gasteiger charge is -2.40. The molecule has 1 aromatic heterocycles. The number of rotatable bonds is 3. The van der Waals surface area contributed by atoms with Crippen molar-refractivity contribution in [2.24, 2.45) is 11.8 Å². The molecule has 4 unspecified atom stereocenters. The predicted octanol–water partition coefficient (Wildman–Crippen LogP) is 4.77. The van der Waals surface area contributed by atoms with E-state index >= 15 is 0 Å². The summed E-state index contributed by atoms with van der Waals surface area (Å²) in [6.07, 6.45) is 10.2. The molecule has 2 saturated carbocycles. The van der Waals surface area contributed by atoms with Gasteiger partial charge in [-0.25, -0.2) is 4.98 Å². The highest BCUT2D eigenvalue weighted by molar-refractivity contribution is 7.11. The van der Waals surface area contributed by atoms with Crippen LogP contribution in [0.5, 0.6) is 0 Å². The van der Waals surface area contributed by atoms with Crippen molar-refractivity contribution in [1.29, 1.82) is 0 Å². The van der Waals surface area contributed by atoms with Gasteiger partial charge in [-0.05, 0) is 51.9 Å². The highest BCUT2D eigenvalue weighted by atomic mass is 32.1. The highest BCUT2D eigenvalue weighted by Crippen LogP contribution is 2.41. The fraction of sp³-hybridized carbons (Fsp3) is 0.824. The summed E-state index contributed by atoms with van der Waals surface area (Å²) in [6.45, 7) is 6.57. The van der Waals surface area contributed by atoms with Gasteiger partial charge in [0.15, 0.2) is 0 Å². The normalized spacial score (nSPS) is 31.9. The van der Waals surface area contributed by atoms with Crippen LogP contribution in [0.4, 0.5) is 0 Å². The molecule has 0 amide bonds. The van der Waals surface area contributed by atoms with Gasteiger partial charge >= 0.3 is 0 Å². The summed E-state index contributed by atoms with van der Waals surface area (Å²) >= 11 is 1.86. The van der Waals surface area contributed by atoms with Gasteiger partial charge in [0.25, 0.3) is 0 Å². The third-order valence-corrected chi connectivity index (χ3v) is 6.61. The predicted molar refractivity (Wildman–Crippen MR) is 86.2 cm³/mol. The van der Waals surface area contributed by atoms with E-state index in [1.807, 2.05) is 11.3 Å². The van der Waals surface area contributed by atoms with Gasteiger partial charge in [0.1, 0.15) is 0 Å². The van der Waals surface area contributed by atoms with Crippen LogP contribution >= 0.6 is 11.3 Å². The Hall–Kier alpha value is -0.410. The van der Waals surface area contributed by atoms with E-state index in [1.54, 1.807) is 0 Å².